The van der Waals surface area contributed by atoms with Crippen molar-refractivity contribution >= 4 is 5.82 Å². The summed E-state index contributed by atoms with van der Waals surface area (Å²) in [4.78, 5) is 12.7. The molecular weight excluding hydrogens is 282 g/mol. The van der Waals surface area contributed by atoms with E-state index in [9.17, 15) is 0 Å². The molecule has 2 atom stereocenters. The molecule has 1 aliphatic heterocycles. The second kappa shape index (κ2) is 6.74. The second-order valence-electron chi connectivity index (χ2n) is 5.42. The molecule has 7 nitrogen and oxygen atoms in total. The molecule has 0 radical (unpaired) electrons. The minimum absolute atomic E-state index is 0.0185. The van der Waals surface area contributed by atoms with Crippen LogP contribution < -0.4 is 10.1 Å². The van der Waals surface area contributed by atoms with Crippen molar-refractivity contribution in [3.63, 3.8) is 0 Å². The number of aromatic nitrogens is 4. The van der Waals surface area contributed by atoms with Gasteiger partial charge < -0.3 is 19.4 Å². The number of aryl methyl sites for hydroxylation is 1. The number of ether oxygens (including phenoxy) is 2. The van der Waals surface area contributed by atoms with Gasteiger partial charge in [0.05, 0.1) is 7.11 Å². The van der Waals surface area contributed by atoms with Crippen molar-refractivity contribution in [2.45, 2.75) is 18.9 Å². The van der Waals surface area contributed by atoms with Gasteiger partial charge in [-0.15, -0.1) is 0 Å². The second-order valence-corrected chi connectivity index (χ2v) is 5.42. The van der Waals surface area contributed by atoms with Crippen LogP contribution >= 0.6 is 0 Å². The molecule has 1 saturated heterocycles. The predicted octanol–water partition coefficient (Wildman–Crippen LogP) is 1.80. The molecule has 1 fully saturated rings. The minimum Gasteiger partial charge on any atom is -0.481 e. The maximum Gasteiger partial charge on any atom is 0.218 e. The standard InChI is InChI=1S/C15H21N5O2/c1-20-6-5-16-15(20)14-11(4-3-7-22-14)9-17-12-8-13(21-2)19-10-18-12/h5-6,8,10-11,14H,3-4,7,9H2,1-2H3,(H,17,18,19)/t11-,14+/m0/s1. The molecule has 2 aromatic heterocycles. The normalized spacial score (nSPS) is 21.5. The molecule has 22 heavy (non-hydrogen) atoms. The Bertz CT molecular complexity index is 615. The Morgan fingerprint density at radius 3 is 3.09 bits per heavy atom. The van der Waals surface area contributed by atoms with Crippen LogP contribution in [0.25, 0.3) is 0 Å². The summed E-state index contributed by atoms with van der Waals surface area (Å²) < 4.78 is 13.1. The van der Waals surface area contributed by atoms with Crippen LogP contribution in [0.15, 0.2) is 24.8 Å². The van der Waals surface area contributed by atoms with Crippen LogP contribution in [0.3, 0.4) is 0 Å². The maximum atomic E-state index is 5.97. The summed E-state index contributed by atoms with van der Waals surface area (Å²) in [5.41, 5.74) is 0. The van der Waals surface area contributed by atoms with E-state index < -0.39 is 0 Å². The van der Waals surface area contributed by atoms with Gasteiger partial charge in [-0.2, -0.15) is 0 Å². The Labute approximate surface area is 129 Å². The highest BCUT2D eigenvalue weighted by atomic mass is 16.5. The van der Waals surface area contributed by atoms with E-state index in [0.29, 0.717) is 11.8 Å². The Morgan fingerprint density at radius 2 is 2.32 bits per heavy atom. The molecule has 0 saturated carbocycles. The average Bonchev–Trinajstić information content (AvgIpc) is 2.99. The molecule has 3 rings (SSSR count). The first-order valence-corrected chi connectivity index (χ1v) is 7.46. The fraction of sp³-hybridized carbons (Fsp3) is 0.533. The third-order valence-electron chi connectivity index (χ3n) is 3.95. The molecule has 1 aliphatic rings. The molecular formula is C15H21N5O2. The zero-order valence-corrected chi connectivity index (χ0v) is 12.9. The minimum atomic E-state index is 0.0185. The first-order chi connectivity index (χ1) is 10.8. The molecule has 0 amide bonds. The van der Waals surface area contributed by atoms with Crippen LogP contribution in [0, 0.1) is 5.92 Å². The van der Waals surface area contributed by atoms with Gasteiger partial charge in [0.1, 0.15) is 24.1 Å². The topological polar surface area (TPSA) is 74.1 Å². The van der Waals surface area contributed by atoms with Crippen molar-refractivity contribution < 1.29 is 9.47 Å². The number of hydrogen-bond acceptors (Lipinski definition) is 6. The summed E-state index contributed by atoms with van der Waals surface area (Å²) in [6.45, 7) is 1.56. The van der Waals surface area contributed by atoms with Crippen LogP contribution in [0.4, 0.5) is 5.82 Å². The maximum absolute atomic E-state index is 5.97. The quantitative estimate of drug-likeness (QED) is 0.908. The number of rotatable bonds is 5. The lowest BCUT2D eigenvalue weighted by Crippen LogP contribution is -2.30. The number of imidazole rings is 1. The third-order valence-corrected chi connectivity index (χ3v) is 3.95. The summed E-state index contributed by atoms with van der Waals surface area (Å²) in [6, 6.07) is 1.79. The van der Waals surface area contributed by atoms with Crippen LogP contribution in [0.2, 0.25) is 0 Å². The van der Waals surface area contributed by atoms with Crippen LogP contribution in [-0.2, 0) is 11.8 Å². The molecule has 1 N–H and O–H groups in total. The zero-order chi connectivity index (χ0) is 15.4. The summed E-state index contributed by atoms with van der Waals surface area (Å²) >= 11 is 0. The number of nitrogens with zero attached hydrogens (tertiary/aromatic N) is 4. The van der Waals surface area contributed by atoms with Crippen molar-refractivity contribution in [2.75, 3.05) is 25.6 Å². The molecule has 0 bridgehead atoms. The molecule has 0 aliphatic carbocycles. The van der Waals surface area contributed by atoms with E-state index in [1.54, 1.807) is 13.2 Å². The molecule has 0 unspecified atom stereocenters. The zero-order valence-electron chi connectivity index (χ0n) is 12.9. The van der Waals surface area contributed by atoms with Crippen LogP contribution in [-0.4, -0.2) is 39.8 Å². The van der Waals surface area contributed by atoms with E-state index in [0.717, 1.165) is 37.6 Å². The number of anilines is 1. The lowest BCUT2D eigenvalue weighted by Gasteiger charge is -2.31. The molecule has 2 aromatic rings. The van der Waals surface area contributed by atoms with Crippen molar-refractivity contribution in [3.05, 3.63) is 30.6 Å². The number of hydrogen-bond donors (Lipinski definition) is 1. The fourth-order valence-corrected chi connectivity index (χ4v) is 2.77. The van der Waals surface area contributed by atoms with E-state index in [-0.39, 0.29) is 6.10 Å². The summed E-state index contributed by atoms with van der Waals surface area (Å²) in [7, 11) is 3.60. The van der Waals surface area contributed by atoms with Gasteiger partial charge in [0.2, 0.25) is 5.88 Å². The van der Waals surface area contributed by atoms with Crippen molar-refractivity contribution in [3.8, 4) is 5.88 Å². The van der Waals surface area contributed by atoms with Crippen molar-refractivity contribution in [1.82, 2.24) is 19.5 Å². The third kappa shape index (κ3) is 3.19. The van der Waals surface area contributed by atoms with E-state index in [2.05, 4.69) is 20.3 Å². The monoisotopic (exact) mass is 303 g/mol. The molecule has 0 aromatic carbocycles. The van der Waals surface area contributed by atoms with Gasteiger partial charge in [0.15, 0.2) is 0 Å². The van der Waals surface area contributed by atoms with Crippen molar-refractivity contribution in [1.29, 1.82) is 0 Å². The largest absolute Gasteiger partial charge is 0.481 e. The summed E-state index contributed by atoms with van der Waals surface area (Å²) in [5.74, 6) is 2.65. The number of nitrogens with one attached hydrogen (secondary N) is 1. The van der Waals surface area contributed by atoms with Crippen LogP contribution in [0.1, 0.15) is 24.8 Å². The molecule has 3 heterocycles. The highest BCUT2D eigenvalue weighted by molar-refractivity contribution is 5.37. The van der Waals surface area contributed by atoms with E-state index in [1.807, 2.05) is 24.0 Å². The first-order valence-electron chi connectivity index (χ1n) is 7.46. The van der Waals surface area contributed by atoms with Gasteiger partial charge in [-0.1, -0.05) is 0 Å². The summed E-state index contributed by atoms with van der Waals surface area (Å²) in [5, 5.41) is 3.35. The van der Waals surface area contributed by atoms with E-state index >= 15 is 0 Å². The fourth-order valence-electron chi connectivity index (χ4n) is 2.77. The Balaban J connectivity index is 1.68. The van der Waals surface area contributed by atoms with Crippen molar-refractivity contribution in [2.24, 2.45) is 13.0 Å². The van der Waals surface area contributed by atoms with Gasteiger partial charge in [-0.05, 0) is 12.8 Å². The first kappa shape index (κ1) is 14.8. The SMILES string of the molecule is COc1cc(NC[C@@H]2CCCO[C@H]2c2nccn2C)ncn1. The molecule has 118 valence electrons. The van der Waals surface area contributed by atoms with Gasteiger partial charge in [-0.25, -0.2) is 15.0 Å². The smallest absolute Gasteiger partial charge is 0.218 e. The lowest BCUT2D eigenvalue weighted by molar-refractivity contribution is -0.0305. The molecule has 7 heteroatoms. The number of methoxy groups -OCH3 is 1. The summed E-state index contributed by atoms with van der Waals surface area (Å²) in [6.07, 6.45) is 7.45. The Kier molecular flexibility index (Phi) is 4.53. The lowest BCUT2D eigenvalue weighted by atomic mass is 9.93. The highest BCUT2D eigenvalue weighted by Gasteiger charge is 2.30. The Morgan fingerprint density at radius 1 is 1.41 bits per heavy atom. The van der Waals surface area contributed by atoms with Gasteiger partial charge in [0, 0.05) is 44.6 Å². The van der Waals surface area contributed by atoms with Gasteiger partial charge >= 0.3 is 0 Å². The predicted molar refractivity (Wildman–Crippen MR) is 81.7 cm³/mol. The highest BCUT2D eigenvalue weighted by Crippen LogP contribution is 2.32. The van der Waals surface area contributed by atoms with Gasteiger partial charge in [-0.3, -0.25) is 0 Å². The van der Waals surface area contributed by atoms with E-state index in [4.69, 9.17) is 9.47 Å². The van der Waals surface area contributed by atoms with E-state index in [1.165, 1.54) is 6.33 Å². The van der Waals surface area contributed by atoms with Gasteiger partial charge in [0.25, 0.3) is 0 Å². The molecule has 0 spiro atoms. The average molecular weight is 303 g/mol. The van der Waals surface area contributed by atoms with Crippen LogP contribution in [0.5, 0.6) is 5.88 Å². The Hall–Kier alpha value is -2.15.